The van der Waals surface area contributed by atoms with Gasteiger partial charge in [0.1, 0.15) is 17.4 Å². The number of aliphatic hydroxyl groups is 1. The Morgan fingerprint density at radius 2 is 2.20 bits per heavy atom. The van der Waals surface area contributed by atoms with Crippen LogP contribution in [0.2, 0.25) is 0 Å². The molecule has 1 aromatic carbocycles. The van der Waals surface area contributed by atoms with Crippen LogP contribution in [0.3, 0.4) is 0 Å². The van der Waals surface area contributed by atoms with Gasteiger partial charge in [0.2, 0.25) is 0 Å². The summed E-state index contributed by atoms with van der Waals surface area (Å²) in [6, 6.07) is 9.38. The maximum Gasteiger partial charge on any atom is 0.152 e. The van der Waals surface area contributed by atoms with Crippen molar-refractivity contribution in [3.63, 3.8) is 0 Å². The molecule has 0 unspecified atom stereocenters. The van der Waals surface area contributed by atoms with Gasteiger partial charge in [0.25, 0.3) is 0 Å². The van der Waals surface area contributed by atoms with E-state index < -0.39 is 0 Å². The van der Waals surface area contributed by atoms with Crippen LogP contribution in [0.5, 0.6) is 0 Å². The van der Waals surface area contributed by atoms with Crippen LogP contribution in [0.25, 0.3) is 16.6 Å². The summed E-state index contributed by atoms with van der Waals surface area (Å²) in [6.07, 6.45) is 0. The van der Waals surface area contributed by atoms with Crippen LogP contribution in [-0.2, 0) is 0 Å². The molecule has 2 aromatic rings. The summed E-state index contributed by atoms with van der Waals surface area (Å²) in [5.41, 5.74) is 1.80. The van der Waals surface area contributed by atoms with E-state index in [4.69, 9.17) is 5.26 Å². The van der Waals surface area contributed by atoms with Crippen LogP contribution in [-0.4, -0.2) is 15.1 Å². The molecule has 2 N–H and O–H groups in total. The molecule has 15 heavy (non-hydrogen) atoms. The molecule has 4 nitrogen and oxygen atoms in total. The summed E-state index contributed by atoms with van der Waals surface area (Å²) < 4.78 is 0. The van der Waals surface area contributed by atoms with E-state index in [9.17, 15) is 5.11 Å². The van der Waals surface area contributed by atoms with Crippen LogP contribution in [0.15, 0.2) is 30.0 Å². The molecule has 1 heterocycles. The second-order valence-corrected chi connectivity index (χ2v) is 3.17. The average molecular weight is 199 g/mol. The van der Waals surface area contributed by atoms with Gasteiger partial charge in [-0.15, -0.1) is 0 Å². The first-order valence-corrected chi connectivity index (χ1v) is 4.47. The number of para-hydroxylation sites is 2. The van der Waals surface area contributed by atoms with Gasteiger partial charge in [0.15, 0.2) is 5.82 Å². The summed E-state index contributed by atoms with van der Waals surface area (Å²) in [4.78, 5) is 7.19. The van der Waals surface area contributed by atoms with Gasteiger partial charge >= 0.3 is 0 Å². The van der Waals surface area contributed by atoms with Crippen LogP contribution < -0.4 is 0 Å². The second kappa shape index (κ2) is 3.46. The molecule has 0 aliphatic rings. The molecular weight excluding hydrogens is 190 g/mol. The number of H-pyrrole nitrogens is 1. The SMILES string of the molecule is C/C(O)=C(\C#N)c1nc2ccccc2[nH]1. The Labute approximate surface area is 86.5 Å². The molecular formula is C11H9N3O. The minimum absolute atomic E-state index is 0.0310. The van der Waals surface area contributed by atoms with Crippen molar-refractivity contribution in [2.45, 2.75) is 6.92 Å². The van der Waals surface area contributed by atoms with E-state index in [0.29, 0.717) is 5.82 Å². The number of hydrogen-bond acceptors (Lipinski definition) is 3. The molecule has 0 fully saturated rings. The number of nitrogens with zero attached hydrogens (tertiary/aromatic N) is 2. The van der Waals surface area contributed by atoms with Crippen LogP contribution in [0, 0.1) is 11.3 Å². The third-order valence-corrected chi connectivity index (χ3v) is 2.10. The van der Waals surface area contributed by atoms with E-state index >= 15 is 0 Å². The molecule has 0 saturated heterocycles. The molecule has 0 aliphatic heterocycles. The summed E-state index contributed by atoms with van der Waals surface area (Å²) in [7, 11) is 0. The number of fused-ring (bicyclic) bond motifs is 1. The van der Waals surface area contributed by atoms with Crippen molar-refractivity contribution < 1.29 is 5.11 Å². The summed E-state index contributed by atoms with van der Waals surface area (Å²) in [6.45, 7) is 1.46. The summed E-state index contributed by atoms with van der Waals surface area (Å²) in [5.74, 6) is 0.371. The number of allylic oxidation sites excluding steroid dienone is 2. The highest BCUT2D eigenvalue weighted by atomic mass is 16.3. The molecule has 74 valence electrons. The highest BCUT2D eigenvalue weighted by Crippen LogP contribution is 2.17. The predicted molar refractivity (Wildman–Crippen MR) is 56.9 cm³/mol. The molecule has 0 aliphatic carbocycles. The number of aliphatic hydroxyl groups excluding tert-OH is 1. The van der Waals surface area contributed by atoms with Gasteiger partial charge in [0.05, 0.1) is 11.0 Å². The molecule has 1 aromatic heterocycles. The number of aromatic amines is 1. The fraction of sp³-hybridized carbons (Fsp3) is 0.0909. The van der Waals surface area contributed by atoms with E-state index in [1.165, 1.54) is 6.92 Å². The predicted octanol–water partition coefficient (Wildman–Crippen LogP) is 2.38. The topological polar surface area (TPSA) is 72.7 Å². The van der Waals surface area contributed by atoms with Crippen molar-refractivity contribution in [2.75, 3.05) is 0 Å². The van der Waals surface area contributed by atoms with Crippen LogP contribution in [0.1, 0.15) is 12.7 Å². The highest BCUT2D eigenvalue weighted by Gasteiger charge is 2.09. The van der Waals surface area contributed by atoms with E-state index in [-0.39, 0.29) is 11.3 Å². The molecule has 0 bridgehead atoms. The Hall–Kier alpha value is -2.28. The minimum atomic E-state index is -0.0310. The summed E-state index contributed by atoms with van der Waals surface area (Å²) >= 11 is 0. The largest absolute Gasteiger partial charge is 0.511 e. The van der Waals surface area contributed by atoms with Gasteiger partial charge < -0.3 is 10.1 Å². The molecule has 0 radical (unpaired) electrons. The fourth-order valence-corrected chi connectivity index (χ4v) is 1.38. The number of hydrogen-bond donors (Lipinski definition) is 2. The number of imidazole rings is 1. The Bertz CT molecular complexity index is 538. The molecule has 0 saturated carbocycles. The third kappa shape index (κ3) is 1.55. The van der Waals surface area contributed by atoms with Crippen molar-refractivity contribution in [3.05, 3.63) is 35.8 Å². The van der Waals surface area contributed by atoms with E-state index in [1.54, 1.807) is 0 Å². The maximum absolute atomic E-state index is 9.29. The first kappa shape index (κ1) is 9.28. The van der Waals surface area contributed by atoms with E-state index in [0.717, 1.165) is 11.0 Å². The zero-order valence-corrected chi connectivity index (χ0v) is 8.15. The average Bonchev–Trinajstić information content (AvgIpc) is 2.61. The molecule has 4 heteroatoms. The Morgan fingerprint density at radius 3 is 2.80 bits per heavy atom. The molecule has 2 rings (SSSR count). The first-order chi connectivity index (χ1) is 7.22. The Kier molecular flexibility index (Phi) is 2.14. The lowest BCUT2D eigenvalue weighted by Crippen LogP contribution is -1.88. The number of nitriles is 1. The van der Waals surface area contributed by atoms with Gasteiger partial charge in [-0.2, -0.15) is 5.26 Å². The maximum atomic E-state index is 9.29. The molecule has 0 atom stereocenters. The van der Waals surface area contributed by atoms with Crippen molar-refractivity contribution in [1.82, 2.24) is 9.97 Å². The van der Waals surface area contributed by atoms with E-state index in [2.05, 4.69) is 9.97 Å². The lowest BCUT2D eigenvalue weighted by atomic mass is 10.2. The number of nitrogens with one attached hydrogen (secondary N) is 1. The van der Waals surface area contributed by atoms with Gasteiger partial charge in [0, 0.05) is 0 Å². The zero-order chi connectivity index (χ0) is 10.8. The van der Waals surface area contributed by atoms with Crippen molar-refractivity contribution in [3.8, 4) is 6.07 Å². The van der Waals surface area contributed by atoms with Crippen molar-refractivity contribution >= 4 is 16.6 Å². The van der Waals surface area contributed by atoms with Crippen LogP contribution in [0.4, 0.5) is 0 Å². The lowest BCUT2D eigenvalue weighted by molar-refractivity contribution is 0.417. The minimum Gasteiger partial charge on any atom is -0.511 e. The summed E-state index contributed by atoms with van der Waals surface area (Å²) in [5, 5.41) is 18.1. The molecule has 0 amide bonds. The van der Waals surface area contributed by atoms with Gasteiger partial charge in [-0.3, -0.25) is 0 Å². The Morgan fingerprint density at radius 1 is 1.47 bits per heavy atom. The monoisotopic (exact) mass is 199 g/mol. The number of benzene rings is 1. The van der Waals surface area contributed by atoms with Crippen molar-refractivity contribution in [2.24, 2.45) is 0 Å². The zero-order valence-electron chi connectivity index (χ0n) is 8.15. The Balaban J connectivity index is 2.65. The van der Waals surface area contributed by atoms with Gasteiger partial charge in [-0.05, 0) is 19.1 Å². The first-order valence-electron chi connectivity index (χ1n) is 4.47. The quantitative estimate of drug-likeness (QED) is 0.547. The molecule has 0 spiro atoms. The lowest BCUT2D eigenvalue weighted by Gasteiger charge is -1.93. The fourth-order valence-electron chi connectivity index (χ4n) is 1.38. The number of aromatic nitrogens is 2. The van der Waals surface area contributed by atoms with Crippen molar-refractivity contribution in [1.29, 1.82) is 5.26 Å². The second-order valence-electron chi connectivity index (χ2n) is 3.17. The van der Waals surface area contributed by atoms with Crippen LogP contribution >= 0.6 is 0 Å². The number of rotatable bonds is 1. The van der Waals surface area contributed by atoms with E-state index in [1.807, 2.05) is 30.3 Å². The van der Waals surface area contributed by atoms with Gasteiger partial charge in [-0.25, -0.2) is 4.98 Å². The third-order valence-electron chi connectivity index (χ3n) is 2.10. The highest BCUT2D eigenvalue weighted by molar-refractivity contribution is 5.82. The smallest absolute Gasteiger partial charge is 0.152 e. The van der Waals surface area contributed by atoms with Gasteiger partial charge in [-0.1, -0.05) is 12.1 Å². The normalized spacial score (nSPS) is 12.3. The standard InChI is InChI=1S/C11H9N3O/c1-7(15)8(6-12)11-13-9-4-2-3-5-10(9)14-11/h2-5,15H,1H3,(H,13,14)/b8-7-.